The van der Waals surface area contributed by atoms with Gasteiger partial charge in [-0.1, -0.05) is 24.3 Å². The highest BCUT2D eigenvalue weighted by atomic mass is 16.5. The number of aromatic nitrogens is 1. The number of benzene rings is 1. The van der Waals surface area contributed by atoms with Gasteiger partial charge in [-0.15, -0.1) is 0 Å². The number of methoxy groups -OCH3 is 1. The van der Waals surface area contributed by atoms with Gasteiger partial charge in [-0.25, -0.2) is 0 Å². The van der Waals surface area contributed by atoms with E-state index in [1.807, 2.05) is 36.4 Å². The lowest BCUT2D eigenvalue weighted by Gasteiger charge is -2.16. The molecule has 0 radical (unpaired) electrons. The lowest BCUT2D eigenvalue weighted by molar-refractivity contribution is 0.138. The summed E-state index contributed by atoms with van der Waals surface area (Å²) in [4.78, 5) is 4.06. The van der Waals surface area contributed by atoms with E-state index >= 15 is 0 Å². The molecule has 1 N–H and O–H groups in total. The number of nitrogens with zero attached hydrogens (tertiary/aromatic N) is 1. The minimum absolute atomic E-state index is 0.465. The van der Waals surface area contributed by atoms with Gasteiger partial charge in [0.15, 0.2) is 0 Å². The molecule has 4 heteroatoms. The molecular formula is C16H19NO3. The molecule has 0 saturated heterocycles. The Morgan fingerprint density at radius 2 is 2.00 bits per heavy atom. The Balaban J connectivity index is 2.07. The van der Waals surface area contributed by atoms with Crippen LogP contribution in [-0.2, 0) is 11.2 Å². The summed E-state index contributed by atoms with van der Waals surface area (Å²) in [6, 6.07) is 11.3. The van der Waals surface area contributed by atoms with Gasteiger partial charge in [-0.2, -0.15) is 0 Å². The molecule has 0 aliphatic heterocycles. The number of hydrogen-bond donors (Lipinski definition) is 1. The first-order valence-corrected chi connectivity index (χ1v) is 6.59. The minimum Gasteiger partial charge on any atom is -0.491 e. The number of ether oxygens (including phenoxy) is 2. The van der Waals surface area contributed by atoms with Gasteiger partial charge < -0.3 is 14.6 Å². The van der Waals surface area contributed by atoms with Crippen LogP contribution in [0.4, 0.5) is 0 Å². The summed E-state index contributed by atoms with van der Waals surface area (Å²) in [7, 11) is 1.63. The Labute approximate surface area is 119 Å². The summed E-state index contributed by atoms with van der Waals surface area (Å²) in [6.45, 7) is 0.986. The van der Waals surface area contributed by atoms with Crippen LogP contribution in [0.5, 0.6) is 5.75 Å². The van der Waals surface area contributed by atoms with Crippen LogP contribution < -0.4 is 4.74 Å². The number of hydrogen-bond acceptors (Lipinski definition) is 4. The molecule has 0 spiro atoms. The van der Waals surface area contributed by atoms with E-state index < -0.39 is 6.10 Å². The molecule has 1 heterocycles. The first-order valence-electron chi connectivity index (χ1n) is 6.59. The van der Waals surface area contributed by atoms with Crippen molar-refractivity contribution < 1.29 is 14.6 Å². The summed E-state index contributed by atoms with van der Waals surface area (Å²) in [5.74, 6) is 0.695. The number of rotatable bonds is 7. The van der Waals surface area contributed by atoms with Crippen LogP contribution in [0.1, 0.15) is 17.2 Å². The molecule has 0 amide bonds. The van der Waals surface area contributed by atoms with Gasteiger partial charge in [0, 0.05) is 31.5 Å². The van der Waals surface area contributed by atoms with Crippen LogP contribution >= 0.6 is 0 Å². The van der Waals surface area contributed by atoms with Crippen molar-refractivity contribution in [1.29, 1.82) is 0 Å². The standard InChI is InChI=1S/C16H19NO3/c1-19-9-10-20-16-7-3-2-6-14(16)15(18)11-13-5-4-8-17-12-13/h2-8,12,15,18H,9-11H2,1H3. The van der Waals surface area contributed by atoms with Crippen LogP contribution in [0.2, 0.25) is 0 Å². The third-order valence-corrected chi connectivity index (χ3v) is 2.97. The van der Waals surface area contributed by atoms with Crippen molar-refractivity contribution in [2.75, 3.05) is 20.3 Å². The van der Waals surface area contributed by atoms with Crippen LogP contribution in [-0.4, -0.2) is 30.4 Å². The summed E-state index contributed by atoms with van der Waals surface area (Å²) in [5, 5.41) is 10.4. The van der Waals surface area contributed by atoms with Crippen molar-refractivity contribution in [3.8, 4) is 5.75 Å². The first-order chi connectivity index (χ1) is 9.81. The second-order valence-corrected chi connectivity index (χ2v) is 4.46. The third kappa shape index (κ3) is 4.05. The molecule has 0 aliphatic rings. The number of aliphatic hydroxyl groups is 1. The van der Waals surface area contributed by atoms with Gasteiger partial charge in [0.1, 0.15) is 12.4 Å². The van der Waals surface area contributed by atoms with Crippen molar-refractivity contribution >= 4 is 0 Å². The van der Waals surface area contributed by atoms with Gasteiger partial charge >= 0.3 is 0 Å². The summed E-state index contributed by atoms with van der Waals surface area (Å²) in [5.41, 5.74) is 1.78. The van der Waals surface area contributed by atoms with E-state index in [9.17, 15) is 5.11 Å². The van der Waals surface area contributed by atoms with Crippen molar-refractivity contribution in [2.24, 2.45) is 0 Å². The molecule has 106 valence electrons. The van der Waals surface area contributed by atoms with Crippen LogP contribution in [0, 0.1) is 0 Å². The summed E-state index contributed by atoms with van der Waals surface area (Å²) >= 11 is 0. The Kier molecular flexibility index (Phi) is 5.53. The number of aliphatic hydroxyl groups excluding tert-OH is 1. The van der Waals surface area contributed by atoms with Crippen molar-refractivity contribution in [1.82, 2.24) is 4.98 Å². The molecule has 0 fully saturated rings. The fourth-order valence-corrected chi connectivity index (χ4v) is 1.97. The summed E-state index contributed by atoms with van der Waals surface area (Å²) < 4.78 is 10.6. The zero-order chi connectivity index (χ0) is 14.2. The SMILES string of the molecule is COCCOc1ccccc1C(O)Cc1cccnc1. The maximum atomic E-state index is 10.4. The molecule has 4 nitrogen and oxygen atoms in total. The van der Waals surface area contributed by atoms with Crippen LogP contribution in [0.3, 0.4) is 0 Å². The molecule has 2 rings (SSSR count). The highest BCUT2D eigenvalue weighted by Gasteiger charge is 2.13. The van der Waals surface area contributed by atoms with E-state index in [1.54, 1.807) is 19.5 Å². The Hall–Kier alpha value is -1.91. The molecule has 2 aromatic rings. The van der Waals surface area contributed by atoms with Crippen LogP contribution in [0.15, 0.2) is 48.8 Å². The van der Waals surface area contributed by atoms with E-state index in [0.717, 1.165) is 11.1 Å². The Morgan fingerprint density at radius 3 is 2.75 bits per heavy atom. The number of para-hydroxylation sites is 1. The van der Waals surface area contributed by atoms with E-state index in [2.05, 4.69) is 4.98 Å². The van der Waals surface area contributed by atoms with Gasteiger partial charge in [-0.3, -0.25) is 4.98 Å². The fraction of sp³-hybridized carbons (Fsp3) is 0.312. The quantitative estimate of drug-likeness (QED) is 0.787. The predicted molar refractivity (Wildman–Crippen MR) is 76.7 cm³/mol. The zero-order valence-electron chi connectivity index (χ0n) is 11.5. The highest BCUT2D eigenvalue weighted by molar-refractivity contribution is 5.36. The predicted octanol–water partition coefficient (Wildman–Crippen LogP) is 2.38. The van der Waals surface area contributed by atoms with E-state index in [0.29, 0.717) is 25.4 Å². The molecule has 20 heavy (non-hydrogen) atoms. The van der Waals surface area contributed by atoms with E-state index in [1.165, 1.54) is 0 Å². The largest absolute Gasteiger partial charge is 0.491 e. The van der Waals surface area contributed by atoms with Crippen molar-refractivity contribution in [3.05, 3.63) is 59.9 Å². The fourth-order valence-electron chi connectivity index (χ4n) is 1.97. The molecule has 1 aromatic carbocycles. The van der Waals surface area contributed by atoms with Gasteiger partial charge in [-0.05, 0) is 17.7 Å². The monoisotopic (exact) mass is 273 g/mol. The first kappa shape index (κ1) is 14.5. The Morgan fingerprint density at radius 1 is 1.15 bits per heavy atom. The molecule has 1 unspecified atom stereocenters. The molecule has 0 bridgehead atoms. The molecule has 1 atom stereocenters. The average molecular weight is 273 g/mol. The highest BCUT2D eigenvalue weighted by Crippen LogP contribution is 2.27. The smallest absolute Gasteiger partial charge is 0.125 e. The van der Waals surface area contributed by atoms with Gasteiger partial charge in [0.05, 0.1) is 12.7 Å². The molecule has 1 aromatic heterocycles. The lowest BCUT2D eigenvalue weighted by Crippen LogP contribution is -2.09. The van der Waals surface area contributed by atoms with Crippen molar-refractivity contribution in [3.63, 3.8) is 0 Å². The summed E-state index contributed by atoms with van der Waals surface area (Å²) in [6.07, 6.45) is 3.38. The van der Waals surface area contributed by atoms with E-state index in [4.69, 9.17) is 9.47 Å². The normalized spacial score (nSPS) is 12.1. The minimum atomic E-state index is -0.613. The zero-order valence-corrected chi connectivity index (χ0v) is 11.5. The molecule has 0 saturated carbocycles. The second-order valence-electron chi connectivity index (χ2n) is 4.46. The Bertz CT molecular complexity index is 516. The van der Waals surface area contributed by atoms with Gasteiger partial charge in [0.25, 0.3) is 0 Å². The molecule has 0 aliphatic carbocycles. The second kappa shape index (κ2) is 7.62. The van der Waals surface area contributed by atoms with Crippen LogP contribution in [0.25, 0.3) is 0 Å². The maximum absolute atomic E-state index is 10.4. The van der Waals surface area contributed by atoms with Crippen molar-refractivity contribution in [2.45, 2.75) is 12.5 Å². The topological polar surface area (TPSA) is 51.6 Å². The lowest BCUT2D eigenvalue weighted by atomic mass is 10.0. The maximum Gasteiger partial charge on any atom is 0.125 e. The average Bonchev–Trinajstić information content (AvgIpc) is 2.49. The number of pyridine rings is 1. The van der Waals surface area contributed by atoms with E-state index in [-0.39, 0.29) is 0 Å². The third-order valence-electron chi connectivity index (χ3n) is 2.97. The van der Waals surface area contributed by atoms with Gasteiger partial charge in [0.2, 0.25) is 0 Å². The molecular weight excluding hydrogens is 254 g/mol.